The fourth-order valence-corrected chi connectivity index (χ4v) is 2.41. The molecule has 0 aliphatic rings. The SMILES string of the molecule is CC(C)COc1ccc(C(=O)NNC(=O)COc2ccccc2)cc1Br. The van der Waals surface area contributed by atoms with Crippen LogP contribution in [0, 0.1) is 5.92 Å². The van der Waals surface area contributed by atoms with Crippen LogP contribution in [0.2, 0.25) is 0 Å². The van der Waals surface area contributed by atoms with E-state index in [1.54, 1.807) is 42.5 Å². The monoisotopic (exact) mass is 420 g/mol. The normalized spacial score (nSPS) is 10.3. The second kappa shape index (κ2) is 9.82. The number of ether oxygens (including phenoxy) is 2. The van der Waals surface area contributed by atoms with Crippen LogP contribution in [0.1, 0.15) is 24.2 Å². The average Bonchev–Trinajstić information content (AvgIpc) is 2.64. The first kappa shape index (κ1) is 19.8. The summed E-state index contributed by atoms with van der Waals surface area (Å²) in [5, 5.41) is 0. The van der Waals surface area contributed by atoms with Crippen molar-refractivity contribution < 1.29 is 19.1 Å². The van der Waals surface area contributed by atoms with Crippen molar-refractivity contribution in [3.63, 3.8) is 0 Å². The summed E-state index contributed by atoms with van der Waals surface area (Å²) in [6, 6.07) is 13.9. The van der Waals surface area contributed by atoms with Gasteiger partial charge in [-0.05, 0) is 52.2 Å². The zero-order chi connectivity index (χ0) is 18.9. The van der Waals surface area contributed by atoms with Gasteiger partial charge in [0.15, 0.2) is 6.61 Å². The van der Waals surface area contributed by atoms with Gasteiger partial charge in [-0.15, -0.1) is 0 Å². The van der Waals surface area contributed by atoms with E-state index in [1.807, 2.05) is 6.07 Å². The summed E-state index contributed by atoms with van der Waals surface area (Å²) in [4.78, 5) is 23.9. The number of amides is 2. The van der Waals surface area contributed by atoms with Gasteiger partial charge in [-0.3, -0.25) is 20.4 Å². The van der Waals surface area contributed by atoms with Gasteiger partial charge in [-0.2, -0.15) is 0 Å². The van der Waals surface area contributed by atoms with Crippen LogP contribution < -0.4 is 20.3 Å². The van der Waals surface area contributed by atoms with Gasteiger partial charge in [0, 0.05) is 5.56 Å². The summed E-state index contributed by atoms with van der Waals surface area (Å²) in [6.07, 6.45) is 0. The smallest absolute Gasteiger partial charge is 0.276 e. The van der Waals surface area contributed by atoms with Crippen LogP contribution in [0.5, 0.6) is 11.5 Å². The lowest BCUT2D eigenvalue weighted by atomic mass is 10.2. The van der Waals surface area contributed by atoms with Gasteiger partial charge in [-0.1, -0.05) is 32.0 Å². The summed E-state index contributed by atoms with van der Waals surface area (Å²) in [5.41, 5.74) is 5.05. The zero-order valence-electron chi connectivity index (χ0n) is 14.6. The van der Waals surface area contributed by atoms with Crippen LogP contribution in [0.25, 0.3) is 0 Å². The second-order valence-electron chi connectivity index (χ2n) is 5.95. The minimum absolute atomic E-state index is 0.198. The topological polar surface area (TPSA) is 76.7 Å². The van der Waals surface area contributed by atoms with Gasteiger partial charge in [0.25, 0.3) is 11.8 Å². The molecule has 26 heavy (non-hydrogen) atoms. The minimum atomic E-state index is -0.460. The summed E-state index contributed by atoms with van der Waals surface area (Å²) < 4.78 is 11.6. The molecular formula is C19H21BrN2O4. The minimum Gasteiger partial charge on any atom is -0.492 e. The van der Waals surface area contributed by atoms with E-state index >= 15 is 0 Å². The number of hydrogen-bond acceptors (Lipinski definition) is 4. The van der Waals surface area contributed by atoms with E-state index in [0.717, 1.165) is 0 Å². The van der Waals surface area contributed by atoms with Crippen LogP contribution in [0.15, 0.2) is 53.0 Å². The van der Waals surface area contributed by atoms with E-state index in [-0.39, 0.29) is 6.61 Å². The van der Waals surface area contributed by atoms with Crippen molar-refractivity contribution in [2.45, 2.75) is 13.8 Å². The molecule has 0 fully saturated rings. The number of nitrogens with one attached hydrogen (secondary N) is 2. The van der Waals surface area contributed by atoms with Gasteiger partial charge in [0.05, 0.1) is 11.1 Å². The Bertz CT molecular complexity index is 750. The number of carbonyl (C=O) groups is 2. The molecule has 138 valence electrons. The highest BCUT2D eigenvalue weighted by molar-refractivity contribution is 9.10. The molecule has 0 unspecified atom stereocenters. The van der Waals surface area contributed by atoms with Crippen molar-refractivity contribution >= 4 is 27.7 Å². The van der Waals surface area contributed by atoms with E-state index in [0.29, 0.717) is 34.1 Å². The number of halogens is 1. The van der Waals surface area contributed by atoms with Gasteiger partial charge in [-0.25, -0.2) is 0 Å². The predicted molar refractivity (Wildman–Crippen MR) is 102 cm³/mol. The summed E-state index contributed by atoms with van der Waals surface area (Å²) in [5.74, 6) is 0.746. The molecule has 0 heterocycles. The van der Waals surface area contributed by atoms with Gasteiger partial charge < -0.3 is 9.47 Å². The zero-order valence-corrected chi connectivity index (χ0v) is 16.2. The maximum Gasteiger partial charge on any atom is 0.276 e. The molecule has 2 rings (SSSR count). The Balaban J connectivity index is 1.81. The predicted octanol–water partition coefficient (Wildman–Crippen LogP) is 3.32. The van der Waals surface area contributed by atoms with Crippen molar-refractivity contribution in [2.24, 2.45) is 5.92 Å². The van der Waals surface area contributed by atoms with Gasteiger partial charge in [0.2, 0.25) is 0 Å². The molecule has 0 atom stereocenters. The van der Waals surface area contributed by atoms with Crippen LogP contribution in [-0.4, -0.2) is 25.0 Å². The fraction of sp³-hybridized carbons (Fsp3) is 0.263. The lowest BCUT2D eigenvalue weighted by Gasteiger charge is -2.12. The third kappa shape index (κ3) is 6.40. The fourth-order valence-electron chi connectivity index (χ4n) is 1.92. The third-order valence-corrected chi connectivity index (χ3v) is 3.81. The Morgan fingerprint density at radius 2 is 1.77 bits per heavy atom. The molecule has 6 nitrogen and oxygen atoms in total. The maximum atomic E-state index is 12.1. The highest BCUT2D eigenvalue weighted by Gasteiger charge is 2.11. The number of carbonyl (C=O) groups excluding carboxylic acids is 2. The molecule has 0 aromatic heterocycles. The van der Waals surface area contributed by atoms with Crippen molar-refractivity contribution in [1.29, 1.82) is 0 Å². The third-order valence-electron chi connectivity index (χ3n) is 3.19. The first-order valence-electron chi connectivity index (χ1n) is 8.15. The number of benzene rings is 2. The highest BCUT2D eigenvalue weighted by atomic mass is 79.9. The number of rotatable bonds is 7. The van der Waals surface area contributed by atoms with E-state index in [2.05, 4.69) is 40.6 Å². The Morgan fingerprint density at radius 3 is 2.42 bits per heavy atom. The van der Waals surface area contributed by atoms with Crippen LogP contribution in [0.3, 0.4) is 0 Å². The molecule has 2 aromatic carbocycles. The quantitative estimate of drug-likeness (QED) is 0.673. The molecule has 0 saturated heterocycles. The average molecular weight is 421 g/mol. The highest BCUT2D eigenvalue weighted by Crippen LogP contribution is 2.26. The Kier molecular flexibility index (Phi) is 7.47. The molecule has 0 saturated carbocycles. The molecular weight excluding hydrogens is 400 g/mol. The van der Waals surface area contributed by atoms with Crippen molar-refractivity contribution in [2.75, 3.05) is 13.2 Å². The van der Waals surface area contributed by atoms with Crippen molar-refractivity contribution in [3.8, 4) is 11.5 Å². The lowest BCUT2D eigenvalue weighted by Crippen LogP contribution is -2.43. The molecule has 2 aromatic rings. The summed E-state index contributed by atoms with van der Waals surface area (Å²) >= 11 is 3.38. The van der Waals surface area contributed by atoms with E-state index in [1.165, 1.54) is 0 Å². The van der Waals surface area contributed by atoms with Crippen LogP contribution in [-0.2, 0) is 4.79 Å². The summed E-state index contributed by atoms with van der Waals surface area (Å²) in [6.45, 7) is 4.50. The molecule has 0 bridgehead atoms. The standard InChI is InChI=1S/C19H21BrN2O4/c1-13(2)11-26-17-9-8-14(10-16(17)20)19(24)22-21-18(23)12-25-15-6-4-3-5-7-15/h3-10,13H,11-12H2,1-2H3,(H,21,23)(H,22,24). The number of hydrazine groups is 1. The van der Waals surface area contributed by atoms with Crippen molar-refractivity contribution in [3.05, 3.63) is 58.6 Å². The second-order valence-corrected chi connectivity index (χ2v) is 6.81. The van der Waals surface area contributed by atoms with Crippen LogP contribution in [0.4, 0.5) is 0 Å². The largest absolute Gasteiger partial charge is 0.492 e. The van der Waals surface area contributed by atoms with Crippen molar-refractivity contribution in [1.82, 2.24) is 10.9 Å². The van der Waals surface area contributed by atoms with Gasteiger partial charge in [0.1, 0.15) is 11.5 Å². The Labute approximate surface area is 161 Å². The maximum absolute atomic E-state index is 12.1. The molecule has 7 heteroatoms. The number of hydrogen-bond donors (Lipinski definition) is 2. The lowest BCUT2D eigenvalue weighted by molar-refractivity contribution is -0.123. The first-order valence-corrected chi connectivity index (χ1v) is 8.94. The number of para-hydroxylation sites is 1. The summed E-state index contributed by atoms with van der Waals surface area (Å²) in [7, 11) is 0. The molecule has 0 aliphatic heterocycles. The van der Waals surface area contributed by atoms with Gasteiger partial charge >= 0.3 is 0 Å². The van der Waals surface area contributed by atoms with Crippen LogP contribution >= 0.6 is 15.9 Å². The van der Waals surface area contributed by atoms with E-state index in [9.17, 15) is 9.59 Å². The molecule has 0 radical (unpaired) electrons. The molecule has 0 spiro atoms. The molecule has 0 aliphatic carbocycles. The van der Waals surface area contributed by atoms with E-state index < -0.39 is 11.8 Å². The Morgan fingerprint density at radius 1 is 1.04 bits per heavy atom. The Hall–Kier alpha value is -2.54. The molecule has 2 amide bonds. The first-order chi connectivity index (χ1) is 12.5. The van der Waals surface area contributed by atoms with E-state index in [4.69, 9.17) is 9.47 Å². The molecule has 2 N–H and O–H groups in total.